The van der Waals surface area contributed by atoms with E-state index in [1.165, 1.54) is 45.2 Å². The van der Waals surface area contributed by atoms with Crippen LogP contribution in [0.25, 0.3) is 11.0 Å². The van der Waals surface area contributed by atoms with E-state index in [2.05, 4.69) is 25.9 Å². The minimum absolute atomic E-state index is 0.603. The van der Waals surface area contributed by atoms with Crippen LogP contribution in [0.4, 0.5) is 5.82 Å². The molecule has 94 valence electrons. The van der Waals surface area contributed by atoms with Crippen LogP contribution >= 0.6 is 0 Å². The molecule has 0 bridgehead atoms. The first-order chi connectivity index (χ1) is 8.86. The van der Waals surface area contributed by atoms with Gasteiger partial charge >= 0.3 is 0 Å². The summed E-state index contributed by atoms with van der Waals surface area (Å²) in [5.41, 5.74) is 1.55. The number of aromatic amines is 1. The molecule has 2 aromatic heterocycles. The monoisotopic (exact) mass is 242 g/mol. The van der Waals surface area contributed by atoms with E-state index in [4.69, 9.17) is 0 Å². The summed E-state index contributed by atoms with van der Waals surface area (Å²) in [5, 5.41) is 1.16. The SMILES string of the molecule is c1nc(N2CC3(CCCCC3)C2)c2cc[nH]c2n1. The van der Waals surface area contributed by atoms with Gasteiger partial charge in [-0.25, -0.2) is 9.97 Å². The first-order valence-electron chi connectivity index (χ1n) is 6.89. The highest BCUT2D eigenvalue weighted by molar-refractivity contribution is 5.87. The molecule has 0 radical (unpaired) electrons. The molecular weight excluding hydrogens is 224 g/mol. The largest absolute Gasteiger partial charge is 0.355 e. The molecule has 4 rings (SSSR count). The number of H-pyrrole nitrogens is 1. The molecular formula is C14H18N4. The number of hydrogen-bond donors (Lipinski definition) is 1. The van der Waals surface area contributed by atoms with E-state index < -0.39 is 0 Å². The topological polar surface area (TPSA) is 44.8 Å². The maximum atomic E-state index is 4.47. The molecule has 1 saturated heterocycles. The summed E-state index contributed by atoms with van der Waals surface area (Å²) in [7, 11) is 0. The Labute approximate surface area is 106 Å². The fourth-order valence-corrected chi connectivity index (χ4v) is 3.64. The molecule has 0 amide bonds. The van der Waals surface area contributed by atoms with Gasteiger partial charge in [0.2, 0.25) is 0 Å². The zero-order chi connectivity index (χ0) is 12.0. The maximum Gasteiger partial charge on any atom is 0.142 e. The maximum absolute atomic E-state index is 4.47. The van der Waals surface area contributed by atoms with E-state index in [1.807, 2.05) is 6.20 Å². The predicted octanol–water partition coefficient (Wildman–Crippen LogP) is 2.73. The van der Waals surface area contributed by atoms with Crippen molar-refractivity contribution in [3.8, 4) is 0 Å². The molecule has 4 heteroatoms. The molecule has 1 saturated carbocycles. The quantitative estimate of drug-likeness (QED) is 0.836. The molecule has 1 N–H and O–H groups in total. The van der Waals surface area contributed by atoms with Gasteiger partial charge in [0.25, 0.3) is 0 Å². The third kappa shape index (κ3) is 1.44. The number of nitrogens with zero attached hydrogens (tertiary/aromatic N) is 3. The van der Waals surface area contributed by atoms with Gasteiger partial charge in [0, 0.05) is 24.7 Å². The zero-order valence-corrected chi connectivity index (χ0v) is 10.5. The van der Waals surface area contributed by atoms with Crippen LogP contribution in [0.15, 0.2) is 18.6 Å². The highest BCUT2D eigenvalue weighted by Gasteiger charge is 2.44. The molecule has 4 nitrogen and oxygen atoms in total. The van der Waals surface area contributed by atoms with Gasteiger partial charge in [0.15, 0.2) is 0 Å². The molecule has 1 aliphatic heterocycles. The lowest BCUT2D eigenvalue weighted by molar-refractivity contribution is 0.139. The summed E-state index contributed by atoms with van der Waals surface area (Å²) in [5.74, 6) is 1.11. The van der Waals surface area contributed by atoms with Crippen LogP contribution in [-0.2, 0) is 0 Å². The fourth-order valence-electron chi connectivity index (χ4n) is 3.64. The van der Waals surface area contributed by atoms with Crippen LogP contribution < -0.4 is 4.90 Å². The van der Waals surface area contributed by atoms with Gasteiger partial charge in [0.05, 0.1) is 5.39 Å². The van der Waals surface area contributed by atoms with Crippen molar-refractivity contribution in [3.63, 3.8) is 0 Å². The van der Waals surface area contributed by atoms with Gasteiger partial charge < -0.3 is 9.88 Å². The van der Waals surface area contributed by atoms with Crippen LogP contribution in [0, 0.1) is 5.41 Å². The van der Waals surface area contributed by atoms with Crippen LogP contribution in [0.1, 0.15) is 32.1 Å². The fraction of sp³-hybridized carbons (Fsp3) is 0.571. The Hall–Kier alpha value is -1.58. The molecule has 1 spiro atoms. The number of aromatic nitrogens is 3. The summed E-state index contributed by atoms with van der Waals surface area (Å²) < 4.78 is 0. The van der Waals surface area contributed by atoms with Gasteiger partial charge in [-0.2, -0.15) is 0 Å². The smallest absolute Gasteiger partial charge is 0.142 e. The standard InChI is InChI=1S/C14H18N4/c1-2-5-14(6-3-1)8-18(9-14)13-11-4-7-15-12(11)16-10-17-13/h4,7,10H,1-3,5-6,8-9H2,(H,15,16,17). The van der Waals surface area contributed by atoms with Crippen molar-refractivity contribution in [3.05, 3.63) is 18.6 Å². The molecule has 18 heavy (non-hydrogen) atoms. The second-order valence-electron chi connectivity index (χ2n) is 5.85. The second kappa shape index (κ2) is 3.70. The average Bonchev–Trinajstić information content (AvgIpc) is 2.85. The molecule has 0 aromatic carbocycles. The zero-order valence-electron chi connectivity index (χ0n) is 10.5. The van der Waals surface area contributed by atoms with Crippen LogP contribution in [0.3, 0.4) is 0 Å². The highest BCUT2D eigenvalue weighted by Crippen LogP contribution is 2.45. The average molecular weight is 242 g/mol. The van der Waals surface area contributed by atoms with Crippen molar-refractivity contribution in [1.82, 2.24) is 15.0 Å². The van der Waals surface area contributed by atoms with Crippen LogP contribution in [0.2, 0.25) is 0 Å². The number of fused-ring (bicyclic) bond motifs is 1. The van der Waals surface area contributed by atoms with Gasteiger partial charge in [-0.05, 0) is 18.9 Å². The van der Waals surface area contributed by atoms with Crippen molar-refractivity contribution in [2.24, 2.45) is 5.41 Å². The van der Waals surface area contributed by atoms with E-state index in [0.29, 0.717) is 5.41 Å². The van der Waals surface area contributed by atoms with Crippen molar-refractivity contribution >= 4 is 16.9 Å². The van der Waals surface area contributed by atoms with Crippen molar-refractivity contribution in [2.45, 2.75) is 32.1 Å². The lowest BCUT2D eigenvalue weighted by Crippen LogP contribution is -2.57. The lowest BCUT2D eigenvalue weighted by Gasteiger charge is -2.53. The molecule has 0 atom stereocenters. The molecule has 2 aliphatic rings. The van der Waals surface area contributed by atoms with Gasteiger partial charge in [-0.1, -0.05) is 19.3 Å². The minimum atomic E-state index is 0.603. The van der Waals surface area contributed by atoms with Crippen molar-refractivity contribution < 1.29 is 0 Å². The van der Waals surface area contributed by atoms with Crippen LogP contribution in [-0.4, -0.2) is 28.0 Å². The number of nitrogens with one attached hydrogen (secondary N) is 1. The molecule has 3 heterocycles. The van der Waals surface area contributed by atoms with E-state index in [9.17, 15) is 0 Å². The van der Waals surface area contributed by atoms with Crippen molar-refractivity contribution in [2.75, 3.05) is 18.0 Å². The number of hydrogen-bond acceptors (Lipinski definition) is 3. The Balaban J connectivity index is 1.60. The Kier molecular flexibility index (Phi) is 2.13. The molecule has 1 aliphatic carbocycles. The third-order valence-electron chi connectivity index (χ3n) is 4.60. The second-order valence-corrected chi connectivity index (χ2v) is 5.85. The summed E-state index contributed by atoms with van der Waals surface area (Å²) in [6.45, 7) is 2.37. The molecule has 2 aromatic rings. The minimum Gasteiger partial charge on any atom is -0.355 e. The first kappa shape index (κ1) is 10.4. The van der Waals surface area contributed by atoms with Gasteiger partial charge in [-0.3, -0.25) is 0 Å². The summed E-state index contributed by atoms with van der Waals surface area (Å²) in [6, 6.07) is 2.08. The number of anilines is 1. The van der Waals surface area contributed by atoms with Gasteiger partial charge in [-0.15, -0.1) is 0 Å². The molecule has 0 unspecified atom stereocenters. The van der Waals surface area contributed by atoms with E-state index in [1.54, 1.807) is 6.33 Å². The number of rotatable bonds is 1. The highest BCUT2D eigenvalue weighted by atomic mass is 15.3. The van der Waals surface area contributed by atoms with E-state index in [-0.39, 0.29) is 0 Å². The normalized spacial score (nSPS) is 22.3. The third-order valence-corrected chi connectivity index (χ3v) is 4.60. The summed E-state index contributed by atoms with van der Waals surface area (Å²) >= 11 is 0. The Morgan fingerprint density at radius 1 is 1.11 bits per heavy atom. The van der Waals surface area contributed by atoms with E-state index in [0.717, 1.165) is 16.9 Å². The Morgan fingerprint density at radius 3 is 2.78 bits per heavy atom. The first-order valence-corrected chi connectivity index (χ1v) is 6.89. The Bertz CT molecular complexity index is 560. The van der Waals surface area contributed by atoms with Crippen molar-refractivity contribution in [1.29, 1.82) is 0 Å². The van der Waals surface area contributed by atoms with Crippen LogP contribution in [0.5, 0.6) is 0 Å². The summed E-state index contributed by atoms with van der Waals surface area (Å²) in [6.07, 6.45) is 10.7. The van der Waals surface area contributed by atoms with Gasteiger partial charge in [0.1, 0.15) is 17.8 Å². The van der Waals surface area contributed by atoms with E-state index >= 15 is 0 Å². The summed E-state index contributed by atoms with van der Waals surface area (Å²) in [4.78, 5) is 14.3. The lowest BCUT2D eigenvalue weighted by atomic mass is 9.68. The predicted molar refractivity (Wildman–Crippen MR) is 71.6 cm³/mol. The molecule has 2 fully saturated rings. The Morgan fingerprint density at radius 2 is 1.94 bits per heavy atom.